The van der Waals surface area contributed by atoms with Gasteiger partial charge in [0.05, 0.1) is 12.2 Å². The van der Waals surface area contributed by atoms with Crippen LogP contribution < -0.4 is 10.1 Å². The highest BCUT2D eigenvalue weighted by Crippen LogP contribution is 2.19. The average molecular weight is 339 g/mol. The normalized spacial score (nSPS) is 11.1. The lowest BCUT2D eigenvalue weighted by molar-refractivity contribution is 0.0790. The van der Waals surface area contributed by atoms with Crippen LogP contribution in [0.15, 0.2) is 22.7 Å². The van der Waals surface area contributed by atoms with Crippen LogP contribution in [-0.4, -0.2) is 28.9 Å². The van der Waals surface area contributed by atoms with Gasteiger partial charge in [0.15, 0.2) is 17.3 Å². The number of aromatic nitrogens is 2. The van der Waals surface area contributed by atoms with Crippen LogP contribution in [-0.2, 0) is 6.54 Å². The summed E-state index contributed by atoms with van der Waals surface area (Å²) in [6.07, 6.45) is -1.24. The molecule has 1 amide bonds. The summed E-state index contributed by atoms with van der Waals surface area (Å²) < 4.78 is 35.1. The van der Waals surface area contributed by atoms with Crippen molar-refractivity contribution in [2.75, 3.05) is 6.61 Å². The summed E-state index contributed by atoms with van der Waals surface area (Å²) in [5.41, 5.74) is 0.633. The first-order valence-electron chi connectivity index (χ1n) is 7.48. The van der Waals surface area contributed by atoms with Crippen molar-refractivity contribution in [1.29, 1.82) is 0 Å². The number of carbonyl (C=O) groups excluding carboxylic acids is 1. The van der Waals surface area contributed by atoms with E-state index < -0.39 is 18.9 Å². The number of pyridine rings is 1. The molecule has 8 heteroatoms. The third kappa shape index (κ3) is 4.50. The molecule has 0 atom stereocenters. The smallest absolute Gasteiger partial charge is 0.274 e. The van der Waals surface area contributed by atoms with Crippen LogP contribution in [0.2, 0.25) is 0 Å². The molecule has 2 rings (SSSR count). The lowest BCUT2D eigenvalue weighted by Crippen LogP contribution is -2.25. The van der Waals surface area contributed by atoms with Gasteiger partial charge in [-0.3, -0.25) is 4.79 Å². The first kappa shape index (κ1) is 17.8. The van der Waals surface area contributed by atoms with Crippen molar-refractivity contribution in [1.82, 2.24) is 15.3 Å². The highest BCUT2D eigenvalue weighted by molar-refractivity contribution is 5.94. The fourth-order valence-electron chi connectivity index (χ4n) is 1.94. The Morgan fingerprint density at radius 3 is 2.79 bits per heavy atom. The van der Waals surface area contributed by atoms with E-state index in [9.17, 15) is 13.6 Å². The van der Waals surface area contributed by atoms with Gasteiger partial charge in [0.1, 0.15) is 12.4 Å². The van der Waals surface area contributed by atoms with Gasteiger partial charge in [0, 0.05) is 12.1 Å². The topological polar surface area (TPSA) is 77.3 Å². The van der Waals surface area contributed by atoms with Gasteiger partial charge in [-0.1, -0.05) is 13.8 Å². The third-order valence-electron chi connectivity index (χ3n) is 3.16. The predicted molar refractivity (Wildman–Crippen MR) is 82.2 cm³/mol. The molecule has 24 heavy (non-hydrogen) atoms. The molecule has 2 aromatic rings. The highest BCUT2D eigenvalue weighted by atomic mass is 19.3. The number of oxazole rings is 1. The van der Waals surface area contributed by atoms with E-state index in [-0.39, 0.29) is 23.9 Å². The van der Waals surface area contributed by atoms with Crippen molar-refractivity contribution in [2.24, 2.45) is 0 Å². The SMILES string of the molecule is Cc1nc(C(C)C)oc1CNC(=O)c1ncccc1OCC(F)F. The van der Waals surface area contributed by atoms with Gasteiger partial charge >= 0.3 is 0 Å². The molecule has 0 aliphatic rings. The average Bonchev–Trinajstić information content (AvgIpc) is 2.92. The minimum atomic E-state index is -2.63. The molecule has 0 bridgehead atoms. The van der Waals surface area contributed by atoms with Crippen LogP contribution in [0.4, 0.5) is 8.78 Å². The number of hydrogen-bond donors (Lipinski definition) is 1. The minimum Gasteiger partial charge on any atom is -0.485 e. The van der Waals surface area contributed by atoms with Crippen molar-refractivity contribution in [3.05, 3.63) is 41.4 Å². The van der Waals surface area contributed by atoms with Crippen LogP contribution in [0.25, 0.3) is 0 Å². The van der Waals surface area contributed by atoms with E-state index in [0.29, 0.717) is 17.3 Å². The van der Waals surface area contributed by atoms with Crippen molar-refractivity contribution < 1.29 is 22.7 Å². The predicted octanol–water partition coefficient (Wildman–Crippen LogP) is 3.08. The van der Waals surface area contributed by atoms with Crippen LogP contribution in [0.3, 0.4) is 0 Å². The summed E-state index contributed by atoms with van der Waals surface area (Å²) in [6, 6.07) is 2.92. The second-order valence-corrected chi connectivity index (χ2v) is 5.45. The number of alkyl halides is 2. The van der Waals surface area contributed by atoms with Gasteiger partial charge in [0.25, 0.3) is 12.3 Å². The van der Waals surface area contributed by atoms with E-state index >= 15 is 0 Å². The number of amides is 1. The first-order chi connectivity index (χ1) is 11.4. The number of halogens is 2. The number of hydrogen-bond acceptors (Lipinski definition) is 5. The molecular formula is C16H19F2N3O3. The number of carbonyl (C=O) groups is 1. The minimum absolute atomic E-state index is 0.00691. The second kappa shape index (κ2) is 7.85. The first-order valence-corrected chi connectivity index (χ1v) is 7.48. The van der Waals surface area contributed by atoms with E-state index in [1.54, 1.807) is 6.92 Å². The zero-order valence-electron chi connectivity index (χ0n) is 13.7. The number of nitrogens with zero attached hydrogens (tertiary/aromatic N) is 2. The van der Waals surface area contributed by atoms with Gasteiger partial charge in [0.2, 0.25) is 0 Å². The van der Waals surface area contributed by atoms with Crippen LogP contribution in [0.5, 0.6) is 5.75 Å². The lowest BCUT2D eigenvalue weighted by Gasteiger charge is -2.10. The van der Waals surface area contributed by atoms with Crippen LogP contribution in [0, 0.1) is 6.92 Å². The number of aryl methyl sites for hydroxylation is 1. The molecule has 0 unspecified atom stereocenters. The molecule has 130 valence electrons. The quantitative estimate of drug-likeness (QED) is 0.839. The Kier molecular flexibility index (Phi) is 5.83. The maximum Gasteiger partial charge on any atom is 0.274 e. The Bertz CT molecular complexity index is 702. The molecule has 0 saturated carbocycles. The summed E-state index contributed by atoms with van der Waals surface area (Å²) in [5.74, 6) is 0.737. The largest absolute Gasteiger partial charge is 0.485 e. The molecular weight excluding hydrogens is 320 g/mol. The summed E-state index contributed by atoms with van der Waals surface area (Å²) in [7, 11) is 0. The molecule has 0 fully saturated rings. The Morgan fingerprint density at radius 2 is 2.17 bits per heavy atom. The number of rotatable bonds is 7. The molecule has 0 spiro atoms. The zero-order valence-corrected chi connectivity index (χ0v) is 13.7. The van der Waals surface area contributed by atoms with E-state index in [2.05, 4.69) is 15.3 Å². The molecule has 6 nitrogen and oxygen atoms in total. The van der Waals surface area contributed by atoms with E-state index in [1.807, 2.05) is 13.8 Å². The van der Waals surface area contributed by atoms with Gasteiger partial charge in [-0.25, -0.2) is 18.7 Å². The van der Waals surface area contributed by atoms with Crippen LogP contribution in [0.1, 0.15) is 47.6 Å². The maximum absolute atomic E-state index is 12.3. The Labute approximate surface area is 138 Å². The highest BCUT2D eigenvalue weighted by Gasteiger charge is 2.17. The van der Waals surface area contributed by atoms with E-state index in [0.717, 1.165) is 0 Å². The fourth-order valence-corrected chi connectivity index (χ4v) is 1.94. The fraction of sp³-hybridized carbons (Fsp3) is 0.438. The summed E-state index contributed by atoms with van der Waals surface area (Å²) in [6.45, 7) is 5.01. The number of nitrogens with one attached hydrogen (secondary N) is 1. The van der Waals surface area contributed by atoms with Crippen molar-refractivity contribution >= 4 is 5.91 Å². The Morgan fingerprint density at radius 1 is 1.42 bits per heavy atom. The number of ether oxygens (including phenoxy) is 1. The standard InChI is InChI=1S/C16H19F2N3O3/c1-9(2)16-21-10(3)12(24-16)7-20-15(22)14-11(5-4-6-19-14)23-8-13(17)18/h4-6,9,13H,7-8H2,1-3H3,(H,20,22). The van der Waals surface area contributed by atoms with Gasteiger partial charge < -0.3 is 14.5 Å². The maximum atomic E-state index is 12.3. The molecule has 0 aliphatic carbocycles. The van der Waals surface area contributed by atoms with Crippen molar-refractivity contribution in [3.8, 4) is 5.75 Å². The third-order valence-corrected chi connectivity index (χ3v) is 3.16. The molecule has 0 radical (unpaired) electrons. The molecule has 0 saturated heterocycles. The zero-order chi connectivity index (χ0) is 17.7. The lowest BCUT2D eigenvalue weighted by atomic mass is 10.2. The van der Waals surface area contributed by atoms with Gasteiger partial charge in [-0.05, 0) is 19.1 Å². The summed E-state index contributed by atoms with van der Waals surface area (Å²) in [5, 5.41) is 2.63. The second-order valence-electron chi connectivity index (χ2n) is 5.45. The molecule has 0 aliphatic heterocycles. The van der Waals surface area contributed by atoms with Crippen molar-refractivity contribution in [3.63, 3.8) is 0 Å². The van der Waals surface area contributed by atoms with Crippen molar-refractivity contribution in [2.45, 2.75) is 39.7 Å². The van der Waals surface area contributed by atoms with Crippen LogP contribution >= 0.6 is 0 Å². The molecule has 2 heterocycles. The Balaban J connectivity index is 2.05. The van der Waals surface area contributed by atoms with Gasteiger partial charge in [-0.2, -0.15) is 0 Å². The van der Waals surface area contributed by atoms with E-state index in [4.69, 9.17) is 9.15 Å². The molecule has 2 aromatic heterocycles. The molecule has 1 N–H and O–H groups in total. The summed E-state index contributed by atoms with van der Waals surface area (Å²) in [4.78, 5) is 20.4. The monoisotopic (exact) mass is 339 g/mol. The summed E-state index contributed by atoms with van der Waals surface area (Å²) >= 11 is 0. The molecule has 0 aromatic carbocycles. The van der Waals surface area contributed by atoms with Gasteiger partial charge in [-0.15, -0.1) is 0 Å². The Hall–Kier alpha value is -2.51. The van der Waals surface area contributed by atoms with E-state index in [1.165, 1.54) is 18.3 Å².